The number of hydrogen-bond acceptors (Lipinski definition) is 0. The van der Waals surface area contributed by atoms with Gasteiger partial charge in [0.2, 0.25) is 0 Å². The second kappa shape index (κ2) is 9.86. The van der Waals surface area contributed by atoms with Crippen molar-refractivity contribution in [2.24, 2.45) is 0 Å². The predicted molar refractivity (Wildman–Crippen MR) is 186 cm³/mol. The molecular weight excluding hydrogens is 532 g/mol. The van der Waals surface area contributed by atoms with Crippen LogP contribution in [0, 0.1) is 0 Å². The highest BCUT2D eigenvalue weighted by Gasteiger charge is 2.18. The predicted octanol–water partition coefficient (Wildman–Crippen LogP) is 11.2. The van der Waals surface area contributed by atoms with Crippen LogP contribution in [0.25, 0.3) is 77.2 Å². The summed E-state index contributed by atoms with van der Waals surface area (Å²) in [5, 5.41) is 2.22. The van der Waals surface area contributed by atoms with Gasteiger partial charge in [0.1, 0.15) is 0 Å². The minimum Gasteiger partial charge on any atom is -0.309 e. The third-order valence-electron chi connectivity index (χ3n) is 8.36. The Kier molecular flexibility index (Phi) is 4.17. The Morgan fingerprint density at radius 3 is 1.95 bits per heavy atom. The normalized spacial score (nSPS) is 13.9. The van der Waals surface area contributed by atoms with E-state index in [2.05, 4.69) is 36.4 Å². The molecule has 0 aliphatic carbocycles. The number of aromatic nitrogens is 2. The maximum Gasteiger partial charge on any atom is 0.0652 e. The summed E-state index contributed by atoms with van der Waals surface area (Å²) in [6.45, 7) is 0. The van der Waals surface area contributed by atoms with Crippen molar-refractivity contribution in [1.82, 2.24) is 9.13 Å². The Balaban J connectivity index is 1.41. The van der Waals surface area contributed by atoms with E-state index in [-0.39, 0.29) is 57.7 Å². The van der Waals surface area contributed by atoms with Crippen molar-refractivity contribution in [1.29, 1.82) is 0 Å². The van der Waals surface area contributed by atoms with E-state index in [0.717, 1.165) is 44.1 Å². The molecule has 2 heteroatoms. The van der Waals surface area contributed by atoms with Crippen LogP contribution < -0.4 is 0 Å². The molecule has 2 heterocycles. The van der Waals surface area contributed by atoms with E-state index < -0.39 is 12.1 Å². The van der Waals surface area contributed by atoms with Gasteiger partial charge in [0, 0.05) is 32.9 Å². The van der Waals surface area contributed by atoms with Crippen LogP contribution in [0.4, 0.5) is 0 Å². The molecule has 0 atom stereocenters. The molecule has 0 N–H and O–H groups in total. The topological polar surface area (TPSA) is 9.86 Å². The highest BCUT2D eigenvalue weighted by Crippen LogP contribution is 2.40. The van der Waals surface area contributed by atoms with Crippen molar-refractivity contribution in [3.63, 3.8) is 0 Å². The van der Waals surface area contributed by atoms with E-state index in [4.69, 9.17) is 5.48 Å². The van der Waals surface area contributed by atoms with Crippen LogP contribution in [0.1, 0.15) is 9.60 Å². The van der Waals surface area contributed by atoms with E-state index in [1.807, 2.05) is 83.4 Å². The van der Waals surface area contributed by atoms with Gasteiger partial charge in [0.25, 0.3) is 0 Å². The lowest BCUT2D eigenvalue weighted by molar-refractivity contribution is 1.17. The summed E-state index contributed by atoms with van der Waals surface area (Å²) < 4.78 is 67.3. The van der Waals surface area contributed by atoms with Gasteiger partial charge in [-0.3, -0.25) is 0 Å². The van der Waals surface area contributed by atoms with Gasteiger partial charge < -0.3 is 9.13 Å². The minimum absolute atomic E-state index is 0.0881. The molecule has 0 bridgehead atoms. The van der Waals surface area contributed by atoms with E-state index in [1.165, 1.54) is 0 Å². The average Bonchev–Trinajstić information content (AvgIpc) is 3.71. The molecule has 9 rings (SSSR count). The fraction of sp³-hybridized carbons (Fsp3) is 0. The third-order valence-corrected chi connectivity index (χ3v) is 8.36. The lowest BCUT2D eigenvalue weighted by Gasteiger charge is -2.11. The molecule has 0 saturated heterocycles. The maximum atomic E-state index is 9.80. The van der Waals surface area contributed by atoms with E-state index >= 15 is 0 Å². The van der Waals surface area contributed by atoms with E-state index in [0.29, 0.717) is 5.69 Å². The first-order valence-electron chi connectivity index (χ1n) is 18.1. The fourth-order valence-electron chi connectivity index (χ4n) is 6.45. The highest BCUT2D eigenvalue weighted by atomic mass is 15.0. The quantitative estimate of drug-likeness (QED) is 0.200. The molecule has 7 aromatic carbocycles. The van der Waals surface area contributed by atoms with E-state index in [1.54, 1.807) is 16.7 Å². The summed E-state index contributed by atoms with van der Waals surface area (Å²) >= 11 is 0. The second-order valence-corrected chi connectivity index (χ2v) is 10.8. The number of fused-ring (bicyclic) bond motifs is 6. The zero-order valence-corrected chi connectivity index (χ0v) is 23.5. The van der Waals surface area contributed by atoms with Gasteiger partial charge in [0.15, 0.2) is 0 Å². The molecule has 9 aromatic rings. The summed E-state index contributed by atoms with van der Waals surface area (Å²) in [7, 11) is 0. The molecular formula is C42H28N2. The van der Waals surface area contributed by atoms with Crippen molar-refractivity contribution >= 4 is 43.6 Å². The Labute approximate surface area is 265 Å². The maximum absolute atomic E-state index is 9.80. The summed E-state index contributed by atoms with van der Waals surface area (Å²) in [5.41, 5.74) is 6.82. The van der Waals surface area contributed by atoms with Gasteiger partial charge in [-0.15, -0.1) is 0 Å². The smallest absolute Gasteiger partial charge is 0.0652 e. The summed E-state index contributed by atoms with van der Waals surface area (Å²) in [6.07, 6.45) is 0. The van der Waals surface area contributed by atoms with Crippen molar-refractivity contribution in [3.8, 4) is 33.6 Å². The van der Waals surface area contributed by atoms with Gasteiger partial charge in [0.05, 0.1) is 31.7 Å². The molecule has 0 aliphatic heterocycles. The molecule has 0 unspecified atom stereocenters. The van der Waals surface area contributed by atoms with Crippen molar-refractivity contribution in [2.45, 2.75) is 0 Å². The van der Waals surface area contributed by atoms with Crippen molar-refractivity contribution in [2.75, 3.05) is 0 Å². The SMILES string of the molecule is [2H]c1c([2H])c([2H])c2c(c1[2H])c1c([2H])c(-n3c4ccccc4c4c(-c5cccc(-c6ccccc6)c5)cccc43)c([2H])c([2H])c1n2-c1ccccc1. The monoisotopic (exact) mass is 567 g/mol. The highest BCUT2D eigenvalue weighted by molar-refractivity contribution is 6.16. The molecule has 0 spiro atoms. The molecule has 2 nitrogen and oxygen atoms in total. The summed E-state index contributed by atoms with van der Waals surface area (Å²) in [4.78, 5) is 0. The van der Waals surface area contributed by atoms with Crippen LogP contribution in [-0.4, -0.2) is 9.13 Å². The Morgan fingerprint density at radius 1 is 0.409 bits per heavy atom. The molecule has 0 radical (unpaired) electrons. The first kappa shape index (κ1) is 18.6. The largest absolute Gasteiger partial charge is 0.309 e. The lowest BCUT2D eigenvalue weighted by atomic mass is 9.96. The van der Waals surface area contributed by atoms with Gasteiger partial charge in [-0.1, -0.05) is 115 Å². The van der Waals surface area contributed by atoms with Gasteiger partial charge >= 0.3 is 0 Å². The Bertz CT molecular complexity index is 2880. The first-order valence-corrected chi connectivity index (χ1v) is 14.6. The van der Waals surface area contributed by atoms with Crippen LogP contribution in [-0.2, 0) is 0 Å². The molecule has 0 fully saturated rings. The molecule has 0 aliphatic rings. The van der Waals surface area contributed by atoms with Gasteiger partial charge in [-0.25, -0.2) is 0 Å². The van der Waals surface area contributed by atoms with Crippen LogP contribution in [0.15, 0.2) is 170 Å². The van der Waals surface area contributed by atoms with Crippen LogP contribution in [0.3, 0.4) is 0 Å². The zero-order valence-electron chi connectivity index (χ0n) is 30.5. The fourth-order valence-corrected chi connectivity index (χ4v) is 6.45. The number of nitrogens with zero attached hydrogens (tertiary/aromatic N) is 2. The van der Waals surface area contributed by atoms with Crippen molar-refractivity contribution < 1.29 is 9.60 Å². The second-order valence-electron chi connectivity index (χ2n) is 10.8. The molecule has 0 saturated carbocycles. The summed E-state index contributed by atoms with van der Waals surface area (Å²) in [5.74, 6) is 0. The first-order chi connectivity index (χ1) is 24.8. The number of rotatable bonds is 4. The number of para-hydroxylation sites is 3. The van der Waals surface area contributed by atoms with Crippen LogP contribution >= 0.6 is 0 Å². The summed E-state index contributed by atoms with van der Waals surface area (Å²) in [6, 6.07) is 39.7. The molecule has 0 amide bonds. The Hall–Kier alpha value is -5.86. The van der Waals surface area contributed by atoms with Gasteiger partial charge in [-0.2, -0.15) is 0 Å². The number of benzene rings is 7. The average molecular weight is 568 g/mol. The zero-order chi connectivity index (χ0) is 35.1. The minimum atomic E-state index is -0.415. The standard InChI is InChI=1S/C42H28N2/c1-3-13-29(14-4-1)30-15-11-16-31(27-30)34-21-12-24-41-42(34)36-20-8-10-23-39(36)44(41)33-25-26-40-37(28-33)35-19-7-9-22-38(35)43(40)32-17-5-2-6-18-32/h1-28H/i7D,9D,19D,22D,25D,26D,28D. The number of hydrogen-bond donors (Lipinski definition) is 0. The lowest BCUT2D eigenvalue weighted by Crippen LogP contribution is -1.95. The molecule has 44 heavy (non-hydrogen) atoms. The van der Waals surface area contributed by atoms with E-state index in [9.17, 15) is 4.11 Å². The van der Waals surface area contributed by atoms with Gasteiger partial charge in [-0.05, 0) is 76.8 Å². The Morgan fingerprint density at radius 2 is 1.07 bits per heavy atom. The third kappa shape index (κ3) is 3.75. The van der Waals surface area contributed by atoms with Crippen LogP contribution in [0.5, 0.6) is 0 Å². The van der Waals surface area contributed by atoms with Crippen LogP contribution in [0.2, 0.25) is 0 Å². The molecule has 2 aromatic heterocycles. The van der Waals surface area contributed by atoms with Crippen molar-refractivity contribution in [3.05, 3.63) is 170 Å². The molecule has 206 valence electrons.